The molecule has 3 aliphatic rings. The summed E-state index contributed by atoms with van der Waals surface area (Å²) in [5.41, 5.74) is 0.768. The number of piperidine rings is 1. The zero-order valence-electron chi connectivity index (χ0n) is 18.3. The predicted molar refractivity (Wildman–Crippen MR) is 122 cm³/mol. The first-order valence-electron chi connectivity index (χ1n) is 11.5. The van der Waals surface area contributed by atoms with Crippen molar-refractivity contribution in [3.8, 4) is 0 Å². The number of hydrogen-bond acceptors (Lipinski definition) is 6. The van der Waals surface area contributed by atoms with Gasteiger partial charge >= 0.3 is 0 Å². The Morgan fingerprint density at radius 2 is 1.75 bits per heavy atom. The minimum Gasteiger partial charge on any atom is -0.378 e. The van der Waals surface area contributed by atoms with Gasteiger partial charge in [-0.05, 0) is 56.0 Å². The molecule has 9 heteroatoms. The molecule has 3 saturated heterocycles. The number of sulfonamides is 1. The number of carbonyl (C=O) groups excluding carboxylic acids is 1. The molecule has 0 aliphatic carbocycles. The van der Waals surface area contributed by atoms with Crippen LogP contribution < -0.4 is 4.90 Å². The van der Waals surface area contributed by atoms with Crippen molar-refractivity contribution in [3.05, 3.63) is 30.3 Å². The smallest absolute Gasteiger partial charge is 0.243 e. The van der Waals surface area contributed by atoms with Crippen LogP contribution in [0.1, 0.15) is 25.7 Å². The molecule has 172 valence electrons. The van der Waals surface area contributed by atoms with Crippen molar-refractivity contribution in [2.75, 3.05) is 57.4 Å². The van der Waals surface area contributed by atoms with Gasteiger partial charge in [0.05, 0.1) is 29.5 Å². The Morgan fingerprint density at radius 1 is 0.969 bits per heavy atom. The number of rotatable bonds is 4. The van der Waals surface area contributed by atoms with E-state index < -0.39 is 10.0 Å². The number of pyridine rings is 1. The number of ether oxygens (including phenoxy) is 1. The zero-order valence-corrected chi connectivity index (χ0v) is 19.1. The normalized spacial score (nSPS) is 23.1. The second kappa shape index (κ2) is 8.96. The highest BCUT2D eigenvalue weighted by molar-refractivity contribution is 7.89. The van der Waals surface area contributed by atoms with Gasteiger partial charge in [0.15, 0.2) is 0 Å². The summed E-state index contributed by atoms with van der Waals surface area (Å²) in [6, 6.07) is 9.06. The van der Waals surface area contributed by atoms with E-state index >= 15 is 0 Å². The molecule has 0 bridgehead atoms. The van der Waals surface area contributed by atoms with Crippen LogP contribution >= 0.6 is 0 Å². The first-order valence-corrected chi connectivity index (χ1v) is 13.0. The summed E-state index contributed by atoms with van der Waals surface area (Å²) >= 11 is 0. The van der Waals surface area contributed by atoms with Crippen LogP contribution in [0.25, 0.3) is 10.9 Å². The molecular weight excluding hydrogens is 428 g/mol. The maximum Gasteiger partial charge on any atom is 0.243 e. The molecule has 32 heavy (non-hydrogen) atoms. The standard InChI is InChI=1S/C23H30N4O4S/c28-23(25-12-14-31-15-13-25)19-4-3-9-26(17-19)22-8-5-18-16-20(6-7-21(18)24-22)32(29,30)27-10-1-2-11-27/h5-8,16,19H,1-4,9-15,17H2. The average molecular weight is 459 g/mol. The Hall–Kier alpha value is -2.23. The van der Waals surface area contributed by atoms with Crippen LogP contribution in [0.5, 0.6) is 0 Å². The van der Waals surface area contributed by atoms with Crippen molar-refractivity contribution in [1.29, 1.82) is 0 Å². The third-order valence-electron chi connectivity index (χ3n) is 6.77. The second-order valence-corrected chi connectivity index (χ2v) is 10.8. The summed E-state index contributed by atoms with van der Waals surface area (Å²) in [6.07, 6.45) is 3.69. The lowest BCUT2D eigenvalue weighted by Crippen LogP contribution is -2.48. The van der Waals surface area contributed by atoms with E-state index in [1.165, 1.54) is 0 Å². The quantitative estimate of drug-likeness (QED) is 0.698. The number of morpholine rings is 1. The van der Waals surface area contributed by atoms with Crippen molar-refractivity contribution >= 4 is 32.7 Å². The highest BCUT2D eigenvalue weighted by Gasteiger charge is 2.31. The maximum atomic E-state index is 12.9. The van der Waals surface area contributed by atoms with Gasteiger partial charge in [0.25, 0.3) is 0 Å². The van der Waals surface area contributed by atoms with Crippen LogP contribution in [-0.2, 0) is 19.6 Å². The van der Waals surface area contributed by atoms with Gasteiger partial charge < -0.3 is 14.5 Å². The molecule has 8 nitrogen and oxygen atoms in total. The molecule has 0 saturated carbocycles. The summed E-state index contributed by atoms with van der Waals surface area (Å²) < 4.78 is 32.7. The third-order valence-corrected chi connectivity index (χ3v) is 8.66. The first-order chi connectivity index (χ1) is 15.5. The van der Waals surface area contributed by atoms with Gasteiger partial charge in [0.1, 0.15) is 5.82 Å². The first kappa shape index (κ1) is 21.6. The lowest BCUT2D eigenvalue weighted by molar-refractivity contribution is -0.139. The number of nitrogens with zero attached hydrogens (tertiary/aromatic N) is 4. The molecule has 0 radical (unpaired) electrons. The largest absolute Gasteiger partial charge is 0.378 e. The Balaban J connectivity index is 1.33. The van der Waals surface area contributed by atoms with Gasteiger partial charge in [-0.3, -0.25) is 4.79 Å². The highest BCUT2D eigenvalue weighted by atomic mass is 32.2. The van der Waals surface area contributed by atoms with Gasteiger partial charge in [-0.1, -0.05) is 0 Å². The van der Waals surface area contributed by atoms with E-state index in [1.54, 1.807) is 22.5 Å². The van der Waals surface area contributed by atoms with Crippen LogP contribution in [0, 0.1) is 5.92 Å². The molecule has 0 spiro atoms. The summed E-state index contributed by atoms with van der Waals surface area (Å²) in [6.45, 7) is 5.29. The zero-order chi connectivity index (χ0) is 22.1. The van der Waals surface area contributed by atoms with E-state index in [0.29, 0.717) is 50.8 Å². The van der Waals surface area contributed by atoms with Gasteiger partial charge in [-0.15, -0.1) is 0 Å². The van der Waals surface area contributed by atoms with Gasteiger partial charge in [0, 0.05) is 44.7 Å². The van der Waals surface area contributed by atoms with Crippen LogP contribution in [0.4, 0.5) is 5.82 Å². The minimum absolute atomic E-state index is 0.0210. The lowest BCUT2D eigenvalue weighted by Gasteiger charge is -2.36. The average Bonchev–Trinajstić information content (AvgIpc) is 3.40. The van der Waals surface area contributed by atoms with Crippen molar-refractivity contribution in [3.63, 3.8) is 0 Å². The summed E-state index contributed by atoms with van der Waals surface area (Å²) in [5.74, 6) is 1.04. The SMILES string of the molecule is O=C(C1CCCN(c2ccc3cc(S(=O)(=O)N4CCCC4)ccc3n2)C1)N1CCOCC1. The monoisotopic (exact) mass is 458 g/mol. The van der Waals surface area contributed by atoms with Crippen molar-refractivity contribution in [2.24, 2.45) is 5.92 Å². The van der Waals surface area contributed by atoms with Gasteiger partial charge in [-0.25, -0.2) is 13.4 Å². The maximum absolute atomic E-state index is 12.9. The van der Waals surface area contributed by atoms with Crippen LogP contribution in [-0.4, -0.2) is 81.0 Å². The van der Waals surface area contributed by atoms with E-state index in [-0.39, 0.29) is 11.8 Å². The summed E-state index contributed by atoms with van der Waals surface area (Å²) in [4.78, 5) is 22.2. The van der Waals surface area contributed by atoms with Crippen LogP contribution in [0.3, 0.4) is 0 Å². The molecule has 2 aromatic rings. The lowest BCUT2D eigenvalue weighted by atomic mass is 9.96. The fraction of sp³-hybridized carbons (Fsp3) is 0.565. The highest BCUT2D eigenvalue weighted by Crippen LogP contribution is 2.28. The molecule has 1 amide bonds. The number of hydrogen-bond donors (Lipinski definition) is 0. The Labute approximate surface area is 189 Å². The predicted octanol–water partition coefficient (Wildman–Crippen LogP) is 2.09. The fourth-order valence-electron chi connectivity index (χ4n) is 4.94. The third kappa shape index (κ3) is 4.21. The number of anilines is 1. The molecule has 5 rings (SSSR count). The molecule has 1 aromatic carbocycles. The van der Waals surface area contributed by atoms with Crippen LogP contribution in [0.2, 0.25) is 0 Å². The van der Waals surface area contributed by atoms with Crippen molar-refractivity contribution in [2.45, 2.75) is 30.6 Å². The summed E-state index contributed by atoms with van der Waals surface area (Å²) in [7, 11) is -3.44. The Morgan fingerprint density at radius 3 is 2.53 bits per heavy atom. The van der Waals surface area contributed by atoms with E-state index in [4.69, 9.17) is 9.72 Å². The van der Waals surface area contributed by atoms with Crippen molar-refractivity contribution < 1.29 is 17.9 Å². The van der Waals surface area contributed by atoms with Crippen LogP contribution in [0.15, 0.2) is 35.2 Å². The molecule has 1 atom stereocenters. The number of amides is 1. The molecule has 3 aliphatic heterocycles. The number of aromatic nitrogens is 1. The van der Waals surface area contributed by atoms with E-state index in [2.05, 4.69) is 4.90 Å². The number of carbonyl (C=O) groups is 1. The van der Waals surface area contributed by atoms with Crippen molar-refractivity contribution in [1.82, 2.24) is 14.2 Å². The number of benzene rings is 1. The minimum atomic E-state index is -3.44. The molecule has 0 N–H and O–H groups in total. The van der Waals surface area contributed by atoms with E-state index in [0.717, 1.165) is 48.9 Å². The van der Waals surface area contributed by atoms with E-state index in [1.807, 2.05) is 17.0 Å². The summed E-state index contributed by atoms with van der Waals surface area (Å²) in [5, 5.41) is 0.812. The molecule has 3 fully saturated rings. The fourth-order valence-corrected chi connectivity index (χ4v) is 6.49. The molecular formula is C23H30N4O4S. The van der Waals surface area contributed by atoms with Gasteiger partial charge in [-0.2, -0.15) is 4.31 Å². The Kier molecular flexibility index (Phi) is 6.05. The second-order valence-electron chi connectivity index (χ2n) is 8.86. The number of fused-ring (bicyclic) bond motifs is 1. The molecule has 1 unspecified atom stereocenters. The topological polar surface area (TPSA) is 83.1 Å². The Bertz CT molecular complexity index is 1090. The molecule has 4 heterocycles. The van der Waals surface area contributed by atoms with Gasteiger partial charge in [0.2, 0.25) is 15.9 Å². The van der Waals surface area contributed by atoms with E-state index in [9.17, 15) is 13.2 Å². The molecule has 1 aromatic heterocycles.